The molecule has 136 valence electrons. The molecule has 4 nitrogen and oxygen atoms in total. The van der Waals surface area contributed by atoms with Crippen LogP contribution in [-0.4, -0.2) is 30.3 Å². The molecule has 1 aromatic carbocycles. The summed E-state index contributed by atoms with van der Waals surface area (Å²) in [5, 5.41) is 1.31. The molecule has 6 heteroatoms. The maximum atomic E-state index is 5.98. The smallest absolute Gasteiger partial charge is 0.297 e. The molecule has 0 fully saturated rings. The summed E-state index contributed by atoms with van der Waals surface area (Å²) in [6.45, 7) is 14.9. The van der Waals surface area contributed by atoms with Gasteiger partial charge in [0.15, 0.2) is 6.10 Å². The van der Waals surface area contributed by atoms with E-state index in [1.54, 1.807) is 0 Å². The maximum absolute atomic E-state index is 5.98. The standard InChI is InChI=1S/C19H27BrN2O2Si/c1-19(2,3)13-7-9-14(10-8-13)23-12-15-11-22-17(25(4,5)6)16(20)21-18(22)24-15/h7-10,15H,11-12H2,1-6H3/t15-/m0/s1. The Hall–Kier alpha value is -1.27. The molecule has 2 aromatic rings. The highest BCUT2D eigenvalue weighted by Gasteiger charge is 2.34. The zero-order chi connectivity index (χ0) is 18.4. The molecule has 1 aromatic heterocycles. The van der Waals surface area contributed by atoms with Crippen molar-refractivity contribution in [1.29, 1.82) is 0 Å². The fourth-order valence-electron chi connectivity index (χ4n) is 3.09. The summed E-state index contributed by atoms with van der Waals surface area (Å²) in [4.78, 5) is 4.54. The minimum Gasteiger partial charge on any atom is -0.490 e. The van der Waals surface area contributed by atoms with E-state index in [2.05, 4.69) is 78.0 Å². The van der Waals surface area contributed by atoms with Gasteiger partial charge in [0, 0.05) is 5.32 Å². The highest BCUT2D eigenvalue weighted by Crippen LogP contribution is 2.27. The molecule has 0 aliphatic carbocycles. The zero-order valence-electron chi connectivity index (χ0n) is 15.9. The first-order valence-electron chi connectivity index (χ1n) is 8.72. The largest absolute Gasteiger partial charge is 0.490 e. The van der Waals surface area contributed by atoms with Gasteiger partial charge in [-0.15, -0.1) is 0 Å². The number of rotatable bonds is 4. The molecule has 25 heavy (non-hydrogen) atoms. The monoisotopic (exact) mass is 422 g/mol. The quantitative estimate of drug-likeness (QED) is 0.687. The van der Waals surface area contributed by atoms with Gasteiger partial charge in [0.1, 0.15) is 25.0 Å². The topological polar surface area (TPSA) is 36.3 Å². The summed E-state index contributed by atoms with van der Waals surface area (Å²) < 4.78 is 15.1. The lowest BCUT2D eigenvalue weighted by Crippen LogP contribution is -2.44. The average molecular weight is 423 g/mol. The van der Waals surface area contributed by atoms with Crippen molar-refractivity contribution in [2.24, 2.45) is 0 Å². The Balaban J connectivity index is 1.63. The van der Waals surface area contributed by atoms with Crippen LogP contribution in [0.4, 0.5) is 0 Å². The third-order valence-corrected chi connectivity index (χ3v) is 7.26. The fourth-order valence-corrected chi connectivity index (χ4v) is 6.92. The van der Waals surface area contributed by atoms with Gasteiger partial charge in [-0.05, 0) is 39.0 Å². The molecule has 1 aliphatic rings. The van der Waals surface area contributed by atoms with Crippen molar-refractivity contribution in [3.8, 4) is 11.8 Å². The Morgan fingerprint density at radius 2 is 1.88 bits per heavy atom. The summed E-state index contributed by atoms with van der Waals surface area (Å²) in [5.74, 6) is 0.882. The number of ether oxygens (including phenoxy) is 2. The van der Waals surface area contributed by atoms with E-state index in [4.69, 9.17) is 9.47 Å². The van der Waals surface area contributed by atoms with E-state index < -0.39 is 8.07 Å². The molecule has 0 amide bonds. The number of hydrogen-bond donors (Lipinski definition) is 0. The van der Waals surface area contributed by atoms with E-state index >= 15 is 0 Å². The minimum absolute atomic E-state index is 0.00740. The first kappa shape index (κ1) is 18.5. The number of imidazole rings is 1. The molecule has 2 heterocycles. The first-order chi connectivity index (χ1) is 11.6. The van der Waals surface area contributed by atoms with Crippen LogP contribution in [0.25, 0.3) is 0 Å². The van der Waals surface area contributed by atoms with E-state index in [1.807, 2.05) is 12.1 Å². The molecule has 1 aliphatic heterocycles. The molecular weight excluding hydrogens is 396 g/mol. The van der Waals surface area contributed by atoms with Crippen molar-refractivity contribution in [1.82, 2.24) is 9.55 Å². The molecule has 0 saturated heterocycles. The molecule has 0 saturated carbocycles. The SMILES string of the molecule is CC(C)(C)c1ccc(OC[C@@H]2Cn3c(nc(Br)c3[Si](C)(C)C)O2)cc1. The van der Waals surface area contributed by atoms with E-state index in [9.17, 15) is 0 Å². The van der Waals surface area contributed by atoms with E-state index in [1.165, 1.54) is 10.9 Å². The van der Waals surface area contributed by atoms with Gasteiger partial charge < -0.3 is 9.47 Å². The molecule has 0 bridgehead atoms. The molecule has 0 spiro atoms. The lowest BCUT2D eigenvalue weighted by molar-refractivity contribution is 0.143. The summed E-state index contributed by atoms with van der Waals surface area (Å²) in [5.41, 5.74) is 1.46. The molecule has 0 radical (unpaired) electrons. The predicted molar refractivity (Wildman–Crippen MR) is 108 cm³/mol. The second-order valence-electron chi connectivity index (χ2n) is 8.72. The summed E-state index contributed by atoms with van der Waals surface area (Å²) in [7, 11) is -1.49. The van der Waals surface area contributed by atoms with Gasteiger partial charge in [-0.2, -0.15) is 4.98 Å². The van der Waals surface area contributed by atoms with Gasteiger partial charge in [0.2, 0.25) is 0 Å². The van der Waals surface area contributed by atoms with Crippen LogP contribution in [0.3, 0.4) is 0 Å². The average Bonchev–Trinajstić information content (AvgIpc) is 2.99. The van der Waals surface area contributed by atoms with E-state index in [0.29, 0.717) is 12.6 Å². The summed E-state index contributed by atoms with van der Waals surface area (Å²) in [6, 6.07) is 9.06. The van der Waals surface area contributed by atoms with Gasteiger partial charge in [-0.25, -0.2) is 0 Å². The Kier molecular flexibility index (Phi) is 4.79. The van der Waals surface area contributed by atoms with Crippen LogP contribution in [0.1, 0.15) is 26.3 Å². The molecule has 3 rings (SSSR count). The number of benzene rings is 1. The maximum Gasteiger partial charge on any atom is 0.297 e. The van der Waals surface area contributed by atoms with Crippen molar-refractivity contribution < 1.29 is 9.47 Å². The van der Waals surface area contributed by atoms with Gasteiger partial charge in [-0.1, -0.05) is 52.5 Å². The number of halogens is 1. The molecule has 0 unspecified atom stereocenters. The van der Waals surface area contributed by atoms with Crippen LogP contribution < -0.4 is 14.8 Å². The van der Waals surface area contributed by atoms with Crippen LogP contribution in [0, 0.1) is 0 Å². The minimum atomic E-state index is -1.49. The van der Waals surface area contributed by atoms with Gasteiger partial charge >= 0.3 is 0 Å². The van der Waals surface area contributed by atoms with E-state index in [-0.39, 0.29) is 11.5 Å². The zero-order valence-corrected chi connectivity index (χ0v) is 18.5. The summed E-state index contributed by atoms with van der Waals surface area (Å²) >= 11 is 3.59. The normalized spacial score (nSPS) is 17.3. The van der Waals surface area contributed by atoms with Gasteiger partial charge in [0.05, 0.1) is 6.54 Å². The molecule has 1 atom stereocenters. The van der Waals surface area contributed by atoms with Gasteiger partial charge in [0.25, 0.3) is 6.01 Å². The third kappa shape index (κ3) is 3.95. The highest BCUT2D eigenvalue weighted by molar-refractivity contribution is 9.10. The number of hydrogen-bond acceptors (Lipinski definition) is 3. The Morgan fingerprint density at radius 1 is 1.24 bits per heavy atom. The Labute approximate surface area is 159 Å². The second-order valence-corrected chi connectivity index (χ2v) is 14.4. The van der Waals surface area contributed by atoms with Crippen LogP contribution in [0.5, 0.6) is 11.8 Å². The fraction of sp³-hybridized carbons (Fsp3) is 0.526. The molecular formula is C19H27BrN2O2Si. The molecule has 0 N–H and O–H groups in total. The van der Waals surface area contributed by atoms with Crippen LogP contribution >= 0.6 is 15.9 Å². The number of nitrogens with zero attached hydrogens (tertiary/aromatic N) is 2. The van der Waals surface area contributed by atoms with Crippen molar-refractivity contribution >= 4 is 29.3 Å². The van der Waals surface area contributed by atoms with Crippen molar-refractivity contribution in [2.75, 3.05) is 6.61 Å². The Morgan fingerprint density at radius 3 is 2.44 bits per heavy atom. The van der Waals surface area contributed by atoms with Crippen LogP contribution in [-0.2, 0) is 12.0 Å². The number of fused-ring (bicyclic) bond motifs is 1. The van der Waals surface area contributed by atoms with Crippen LogP contribution in [0.2, 0.25) is 19.6 Å². The van der Waals surface area contributed by atoms with Crippen molar-refractivity contribution in [3.63, 3.8) is 0 Å². The Bertz CT molecular complexity index is 757. The van der Waals surface area contributed by atoms with Crippen molar-refractivity contribution in [2.45, 2.75) is 58.5 Å². The van der Waals surface area contributed by atoms with E-state index in [0.717, 1.165) is 16.9 Å². The lowest BCUT2D eigenvalue weighted by atomic mass is 9.87. The third-order valence-electron chi connectivity index (χ3n) is 4.41. The van der Waals surface area contributed by atoms with Crippen molar-refractivity contribution in [3.05, 3.63) is 34.4 Å². The summed E-state index contributed by atoms with van der Waals surface area (Å²) in [6.07, 6.45) is 0.00740. The van der Waals surface area contributed by atoms with Gasteiger partial charge in [-0.3, -0.25) is 4.57 Å². The van der Waals surface area contributed by atoms with Crippen LogP contribution in [0.15, 0.2) is 28.9 Å². The predicted octanol–water partition coefficient (Wildman–Crippen LogP) is 4.33. The first-order valence-corrected chi connectivity index (χ1v) is 13.0. The highest BCUT2D eigenvalue weighted by atomic mass is 79.9. The number of aromatic nitrogens is 2. The second kappa shape index (κ2) is 6.47. The lowest BCUT2D eigenvalue weighted by Gasteiger charge is -2.20.